The molecule has 166 valence electrons. The summed E-state index contributed by atoms with van der Waals surface area (Å²) < 4.78 is 41.1. The maximum atomic E-state index is 13.7. The predicted octanol–water partition coefficient (Wildman–Crippen LogP) is 5.73. The summed E-state index contributed by atoms with van der Waals surface area (Å²) >= 11 is 0. The zero-order valence-corrected chi connectivity index (χ0v) is 17.7. The zero-order chi connectivity index (χ0) is 23.1. The number of fused-ring (bicyclic) bond motifs is 1. The third kappa shape index (κ3) is 4.20. The average molecular weight is 440 g/mol. The number of nitrogens with zero attached hydrogens (tertiary/aromatic N) is 1. The Hall–Kier alpha value is -3.35. The number of carbonyl (C=O) groups is 2. The number of anilines is 2. The number of rotatable bonds is 2. The van der Waals surface area contributed by atoms with Gasteiger partial charge in [-0.15, -0.1) is 0 Å². The number of allylic oxidation sites excluding steroid dienone is 1. The Balaban J connectivity index is 1.94. The first-order valence-electron chi connectivity index (χ1n) is 10.3. The first kappa shape index (κ1) is 21.9. The second-order valence-electron chi connectivity index (χ2n) is 8.86. The summed E-state index contributed by atoms with van der Waals surface area (Å²) in [5.41, 5.74) is 1.60. The van der Waals surface area contributed by atoms with Crippen LogP contribution in [0.2, 0.25) is 0 Å². The van der Waals surface area contributed by atoms with Gasteiger partial charge in [0.2, 0.25) is 0 Å². The van der Waals surface area contributed by atoms with Crippen molar-refractivity contribution in [2.24, 2.45) is 5.41 Å². The molecule has 1 aliphatic heterocycles. The van der Waals surface area contributed by atoms with Crippen LogP contribution in [0.1, 0.15) is 32.3 Å². The first-order valence-corrected chi connectivity index (χ1v) is 10.3. The Kier molecular flexibility index (Phi) is 5.44. The van der Waals surface area contributed by atoms with Crippen LogP contribution in [0.4, 0.5) is 24.5 Å². The minimum atomic E-state index is -5.10. The van der Waals surface area contributed by atoms with Crippen LogP contribution in [0.25, 0.3) is 6.08 Å². The van der Waals surface area contributed by atoms with E-state index in [4.69, 9.17) is 0 Å². The molecule has 1 amide bonds. The Labute approximate surface area is 184 Å². The first-order chi connectivity index (χ1) is 15.1. The molecule has 32 heavy (non-hydrogen) atoms. The van der Waals surface area contributed by atoms with E-state index in [1.807, 2.05) is 19.9 Å². The topological polar surface area (TPSA) is 49.4 Å². The van der Waals surface area contributed by atoms with Crippen LogP contribution in [0.3, 0.4) is 0 Å². The minimum absolute atomic E-state index is 0.0811. The highest BCUT2D eigenvalue weighted by Gasteiger charge is 2.49. The molecule has 4 nitrogen and oxygen atoms in total. The van der Waals surface area contributed by atoms with Crippen LogP contribution >= 0.6 is 0 Å². The number of halogens is 3. The lowest BCUT2D eigenvalue weighted by Gasteiger charge is -2.35. The molecule has 2 aromatic rings. The third-order valence-electron chi connectivity index (χ3n) is 5.67. The monoisotopic (exact) mass is 440 g/mol. The molecule has 0 fully saturated rings. The molecule has 1 atom stereocenters. The fourth-order valence-corrected chi connectivity index (χ4v) is 4.34. The normalized spacial score (nSPS) is 20.5. The molecule has 7 heteroatoms. The molecule has 4 rings (SSSR count). The molecule has 1 unspecified atom stereocenters. The number of alkyl halides is 3. The van der Waals surface area contributed by atoms with Crippen LogP contribution < -0.4 is 10.2 Å². The number of benzene rings is 2. The van der Waals surface area contributed by atoms with E-state index in [1.165, 1.54) is 12.1 Å². The van der Waals surface area contributed by atoms with E-state index in [-0.39, 0.29) is 28.9 Å². The number of ketones is 1. The van der Waals surface area contributed by atoms with Gasteiger partial charge in [-0.25, -0.2) is 0 Å². The van der Waals surface area contributed by atoms with Gasteiger partial charge in [0.15, 0.2) is 5.78 Å². The van der Waals surface area contributed by atoms with E-state index < -0.39 is 18.1 Å². The van der Waals surface area contributed by atoms with E-state index >= 15 is 0 Å². The number of amides is 1. The lowest BCUT2D eigenvalue weighted by Crippen LogP contribution is -2.49. The number of para-hydroxylation sites is 2. The van der Waals surface area contributed by atoms with E-state index in [9.17, 15) is 22.8 Å². The number of hydrogen-bond donors (Lipinski definition) is 1. The van der Waals surface area contributed by atoms with Crippen molar-refractivity contribution in [1.29, 1.82) is 0 Å². The smallest absolute Gasteiger partial charge is 0.357 e. The standard InChI is InChI=1S/C25H23F3N2O2/c1-24(2)14-18-22(21(31)15-24)20(13-12-16-8-4-3-5-9-16)30(23(32)25(26,27)28)19-11-7-6-10-17(19)29-18/h3-13,20,29H,14-15H2,1-2H3. The molecular formula is C25H23F3N2O2. The highest BCUT2D eigenvalue weighted by Crippen LogP contribution is 2.45. The molecule has 2 aliphatic rings. The molecule has 1 aliphatic carbocycles. The zero-order valence-electron chi connectivity index (χ0n) is 17.7. The summed E-state index contributed by atoms with van der Waals surface area (Å²) in [7, 11) is 0. The number of hydrogen-bond acceptors (Lipinski definition) is 3. The molecule has 0 bridgehead atoms. The van der Waals surface area contributed by atoms with Crippen LogP contribution in [0.15, 0.2) is 71.9 Å². The molecule has 2 aromatic carbocycles. The molecule has 0 spiro atoms. The van der Waals surface area contributed by atoms with Gasteiger partial charge in [0.1, 0.15) is 0 Å². The van der Waals surface area contributed by atoms with Crippen molar-refractivity contribution in [3.63, 3.8) is 0 Å². The highest BCUT2D eigenvalue weighted by atomic mass is 19.4. The molecule has 0 aromatic heterocycles. The number of carbonyl (C=O) groups excluding carboxylic acids is 2. The van der Waals surface area contributed by atoms with Crippen LogP contribution in [-0.4, -0.2) is 23.9 Å². The third-order valence-corrected chi connectivity index (χ3v) is 5.67. The van der Waals surface area contributed by atoms with Crippen molar-refractivity contribution >= 4 is 29.1 Å². The van der Waals surface area contributed by atoms with Gasteiger partial charge in [0, 0.05) is 17.7 Å². The van der Waals surface area contributed by atoms with Crippen molar-refractivity contribution < 1.29 is 22.8 Å². The van der Waals surface area contributed by atoms with E-state index in [0.29, 0.717) is 22.7 Å². The van der Waals surface area contributed by atoms with Crippen molar-refractivity contribution in [3.05, 3.63) is 77.5 Å². The van der Waals surface area contributed by atoms with Gasteiger partial charge in [-0.1, -0.05) is 68.5 Å². The van der Waals surface area contributed by atoms with Crippen molar-refractivity contribution in [3.8, 4) is 0 Å². The maximum Gasteiger partial charge on any atom is 0.471 e. The summed E-state index contributed by atoms with van der Waals surface area (Å²) in [5.74, 6) is -2.28. The van der Waals surface area contributed by atoms with Gasteiger partial charge >= 0.3 is 12.1 Å². The minimum Gasteiger partial charge on any atom is -0.357 e. The summed E-state index contributed by atoms with van der Waals surface area (Å²) in [5, 5.41) is 3.18. The van der Waals surface area contributed by atoms with Crippen LogP contribution in [0.5, 0.6) is 0 Å². The fourth-order valence-electron chi connectivity index (χ4n) is 4.34. The lowest BCUT2D eigenvalue weighted by molar-refractivity contribution is -0.170. The predicted molar refractivity (Wildman–Crippen MR) is 118 cm³/mol. The van der Waals surface area contributed by atoms with Crippen molar-refractivity contribution in [2.75, 3.05) is 10.2 Å². The van der Waals surface area contributed by atoms with E-state index in [1.54, 1.807) is 48.5 Å². The largest absolute Gasteiger partial charge is 0.471 e. The lowest BCUT2D eigenvalue weighted by atomic mass is 9.74. The Morgan fingerprint density at radius 3 is 2.41 bits per heavy atom. The summed E-state index contributed by atoms with van der Waals surface area (Å²) in [6.45, 7) is 3.89. The molecule has 1 heterocycles. The second-order valence-corrected chi connectivity index (χ2v) is 8.86. The number of nitrogens with one attached hydrogen (secondary N) is 1. The SMILES string of the molecule is CC1(C)CC(=O)C2=C(C1)Nc1ccccc1N(C(=O)C(F)(F)F)C2C=Cc1ccccc1. The Bertz CT molecular complexity index is 1120. The number of Topliss-reactive ketones (excluding diaryl/α,β-unsaturated/α-hetero) is 1. The summed E-state index contributed by atoms with van der Waals surface area (Å²) in [6.07, 6.45) is -1.28. The molecule has 0 saturated carbocycles. The van der Waals surface area contributed by atoms with Gasteiger partial charge in [-0.2, -0.15) is 13.2 Å². The molecule has 0 radical (unpaired) electrons. The van der Waals surface area contributed by atoms with Crippen molar-refractivity contribution in [1.82, 2.24) is 0 Å². The van der Waals surface area contributed by atoms with Crippen molar-refractivity contribution in [2.45, 2.75) is 38.9 Å². The molecule has 0 saturated heterocycles. The average Bonchev–Trinajstić information content (AvgIpc) is 2.84. The highest BCUT2D eigenvalue weighted by molar-refractivity contribution is 6.08. The summed E-state index contributed by atoms with van der Waals surface area (Å²) in [4.78, 5) is 26.6. The van der Waals surface area contributed by atoms with Gasteiger partial charge < -0.3 is 5.32 Å². The van der Waals surface area contributed by atoms with E-state index in [0.717, 1.165) is 5.56 Å². The quantitative estimate of drug-likeness (QED) is 0.649. The second kappa shape index (κ2) is 7.97. The van der Waals surface area contributed by atoms with Crippen LogP contribution in [0, 0.1) is 5.41 Å². The summed E-state index contributed by atoms with van der Waals surface area (Å²) in [6, 6.07) is 14.2. The molecule has 1 N–H and O–H groups in total. The van der Waals surface area contributed by atoms with Crippen LogP contribution in [-0.2, 0) is 9.59 Å². The fraction of sp³-hybridized carbons (Fsp3) is 0.280. The van der Waals surface area contributed by atoms with Gasteiger partial charge in [-0.3, -0.25) is 14.5 Å². The van der Waals surface area contributed by atoms with Gasteiger partial charge in [0.25, 0.3) is 0 Å². The molecular weight excluding hydrogens is 417 g/mol. The van der Waals surface area contributed by atoms with Gasteiger partial charge in [0.05, 0.1) is 17.4 Å². The van der Waals surface area contributed by atoms with E-state index in [2.05, 4.69) is 5.32 Å². The van der Waals surface area contributed by atoms with Gasteiger partial charge in [-0.05, 0) is 29.5 Å². The Morgan fingerprint density at radius 2 is 1.72 bits per heavy atom. The Morgan fingerprint density at radius 1 is 1.06 bits per heavy atom. The maximum absolute atomic E-state index is 13.7.